The Labute approximate surface area is 108 Å². The third-order valence-electron chi connectivity index (χ3n) is 3.78. The van der Waals surface area contributed by atoms with Gasteiger partial charge in [0.15, 0.2) is 0 Å². The fourth-order valence-corrected chi connectivity index (χ4v) is 2.86. The molecule has 0 radical (unpaired) electrons. The van der Waals surface area contributed by atoms with E-state index in [0.29, 0.717) is 5.92 Å². The normalized spacial score (nSPS) is 22.8. The van der Waals surface area contributed by atoms with Crippen LogP contribution in [0.15, 0.2) is 30.3 Å². The molecule has 1 aliphatic rings. The van der Waals surface area contributed by atoms with Crippen molar-refractivity contribution in [3.63, 3.8) is 0 Å². The molecule has 0 spiro atoms. The summed E-state index contributed by atoms with van der Waals surface area (Å²) in [5, 5.41) is 0. The van der Waals surface area contributed by atoms with Gasteiger partial charge in [0, 0.05) is 17.8 Å². The Morgan fingerprint density at radius 3 is 2.72 bits per heavy atom. The smallest absolute Gasteiger partial charge is 0.126 e. The van der Waals surface area contributed by atoms with Crippen LogP contribution < -0.4 is 5.73 Å². The molecule has 2 aromatic rings. The van der Waals surface area contributed by atoms with E-state index in [2.05, 4.69) is 42.7 Å². The third-order valence-corrected chi connectivity index (χ3v) is 3.78. The Kier molecular flexibility index (Phi) is 2.71. The second-order valence-electron chi connectivity index (χ2n) is 5.33. The Morgan fingerprint density at radius 2 is 2.00 bits per heavy atom. The van der Waals surface area contributed by atoms with Gasteiger partial charge >= 0.3 is 0 Å². The second-order valence-corrected chi connectivity index (χ2v) is 5.33. The van der Waals surface area contributed by atoms with E-state index in [-0.39, 0.29) is 6.04 Å². The second kappa shape index (κ2) is 4.25. The lowest BCUT2D eigenvalue weighted by Crippen LogP contribution is -2.27. The largest absolute Gasteiger partial charge is 0.330 e. The number of hydrogen-bond acceptors (Lipinski definition) is 2. The summed E-state index contributed by atoms with van der Waals surface area (Å²) in [6.45, 7) is 5.43. The number of benzene rings is 1. The molecule has 0 bridgehead atoms. The molecule has 1 aromatic carbocycles. The first kappa shape index (κ1) is 11.5. The molecule has 1 aliphatic heterocycles. The number of nitrogens with zero attached hydrogens (tertiary/aromatic N) is 2. The highest BCUT2D eigenvalue weighted by molar-refractivity contribution is 5.62. The Bertz CT molecular complexity index is 557. The van der Waals surface area contributed by atoms with E-state index in [1.807, 2.05) is 6.07 Å². The van der Waals surface area contributed by atoms with Crippen LogP contribution in [0.3, 0.4) is 0 Å². The lowest BCUT2D eigenvalue weighted by Gasteiger charge is -2.26. The molecule has 0 saturated heterocycles. The maximum Gasteiger partial charge on any atom is 0.126 e. The van der Waals surface area contributed by atoms with Crippen molar-refractivity contribution in [2.75, 3.05) is 0 Å². The average molecular weight is 241 g/mol. The minimum absolute atomic E-state index is 0.0740. The van der Waals surface area contributed by atoms with Gasteiger partial charge in [-0.25, -0.2) is 4.98 Å². The lowest BCUT2D eigenvalue weighted by atomic mass is 9.98. The van der Waals surface area contributed by atoms with Gasteiger partial charge in [-0.15, -0.1) is 0 Å². The maximum absolute atomic E-state index is 6.21. The monoisotopic (exact) mass is 241 g/mol. The van der Waals surface area contributed by atoms with Crippen molar-refractivity contribution in [2.24, 2.45) is 11.7 Å². The topological polar surface area (TPSA) is 43.8 Å². The molecule has 0 amide bonds. The lowest BCUT2D eigenvalue weighted by molar-refractivity contribution is 0.343. The summed E-state index contributed by atoms with van der Waals surface area (Å²) < 4.78 is 2.29. The summed E-state index contributed by atoms with van der Waals surface area (Å²) >= 11 is 0. The molecule has 2 atom stereocenters. The van der Waals surface area contributed by atoms with Crippen LogP contribution in [0.4, 0.5) is 0 Å². The summed E-state index contributed by atoms with van der Waals surface area (Å²) in [7, 11) is 0. The summed E-state index contributed by atoms with van der Waals surface area (Å²) in [6.07, 6.45) is 1.03. The van der Waals surface area contributed by atoms with E-state index in [0.717, 1.165) is 24.5 Å². The van der Waals surface area contributed by atoms with Crippen LogP contribution in [0, 0.1) is 12.8 Å². The fraction of sp³-hybridized carbons (Fsp3) is 0.400. The summed E-state index contributed by atoms with van der Waals surface area (Å²) in [6, 6.07) is 10.4. The van der Waals surface area contributed by atoms with Crippen molar-refractivity contribution >= 4 is 0 Å². The van der Waals surface area contributed by atoms with Crippen LogP contribution in [-0.4, -0.2) is 9.55 Å². The summed E-state index contributed by atoms with van der Waals surface area (Å²) in [4.78, 5) is 4.77. The first-order valence-corrected chi connectivity index (χ1v) is 6.55. The van der Waals surface area contributed by atoms with Crippen molar-refractivity contribution < 1.29 is 0 Å². The SMILES string of the molecule is Cc1c(-c2ccccc2)nc2n1CC(C)CC2N. The minimum atomic E-state index is 0.0740. The standard InChI is InChI=1S/C15H19N3/c1-10-8-13(16)15-17-14(11(2)18(15)9-10)12-6-4-3-5-7-12/h3-7,10,13H,8-9,16H2,1-2H3. The van der Waals surface area contributed by atoms with Gasteiger partial charge in [0.05, 0.1) is 11.7 Å². The van der Waals surface area contributed by atoms with Crippen LogP contribution >= 0.6 is 0 Å². The Hall–Kier alpha value is -1.61. The molecule has 3 heteroatoms. The number of aromatic nitrogens is 2. The molecule has 3 rings (SSSR count). The Morgan fingerprint density at radius 1 is 1.28 bits per heavy atom. The average Bonchev–Trinajstić information content (AvgIpc) is 2.69. The van der Waals surface area contributed by atoms with Crippen molar-refractivity contribution in [3.05, 3.63) is 41.9 Å². The zero-order valence-corrected chi connectivity index (χ0v) is 10.9. The maximum atomic E-state index is 6.21. The van der Waals surface area contributed by atoms with Crippen LogP contribution in [0.1, 0.15) is 30.9 Å². The van der Waals surface area contributed by atoms with Crippen LogP contribution in [0.25, 0.3) is 11.3 Å². The molecule has 18 heavy (non-hydrogen) atoms. The van der Waals surface area contributed by atoms with Gasteiger partial charge in [-0.3, -0.25) is 0 Å². The first-order chi connectivity index (χ1) is 8.66. The zero-order chi connectivity index (χ0) is 12.7. The fourth-order valence-electron chi connectivity index (χ4n) is 2.86. The van der Waals surface area contributed by atoms with Crippen LogP contribution in [0.2, 0.25) is 0 Å². The van der Waals surface area contributed by atoms with Gasteiger partial charge in [0.25, 0.3) is 0 Å². The molecule has 2 unspecified atom stereocenters. The highest BCUT2D eigenvalue weighted by atomic mass is 15.1. The van der Waals surface area contributed by atoms with Gasteiger partial charge in [0.1, 0.15) is 5.82 Å². The molecule has 2 N–H and O–H groups in total. The predicted molar refractivity (Wildman–Crippen MR) is 73.1 cm³/mol. The van der Waals surface area contributed by atoms with Gasteiger partial charge in [-0.05, 0) is 19.3 Å². The van der Waals surface area contributed by atoms with Gasteiger partial charge in [-0.2, -0.15) is 0 Å². The highest BCUT2D eigenvalue weighted by Crippen LogP contribution is 2.32. The molecular weight excluding hydrogens is 222 g/mol. The molecule has 94 valence electrons. The molecule has 0 aliphatic carbocycles. The third kappa shape index (κ3) is 1.75. The number of rotatable bonds is 1. The Balaban J connectivity index is 2.12. The van der Waals surface area contributed by atoms with Crippen molar-refractivity contribution in [3.8, 4) is 11.3 Å². The van der Waals surface area contributed by atoms with Gasteiger partial charge in [0.2, 0.25) is 0 Å². The van der Waals surface area contributed by atoms with E-state index in [4.69, 9.17) is 10.7 Å². The van der Waals surface area contributed by atoms with E-state index in [1.165, 1.54) is 11.3 Å². The molecule has 2 heterocycles. The van der Waals surface area contributed by atoms with Gasteiger partial charge in [-0.1, -0.05) is 37.3 Å². The molecule has 3 nitrogen and oxygen atoms in total. The minimum Gasteiger partial charge on any atom is -0.330 e. The number of nitrogens with two attached hydrogens (primary N) is 1. The van der Waals surface area contributed by atoms with Crippen molar-refractivity contribution in [1.82, 2.24) is 9.55 Å². The van der Waals surface area contributed by atoms with E-state index >= 15 is 0 Å². The van der Waals surface area contributed by atoms with E-state index < -0.39 is 0 Å². The molecule has 1 aromatic heterocycles. The molecular formula is C15H19N3. The predicted octanol–water partition coefficient (Wildman–Crippen LogP) is 2.90. The van der Waals surface area contributed by atoms with Crippen molar-refractivity contribution in [1.29, 1.82) is 0 Å². The number of hydrogen-bond donors (Lipinski definition) is 1. The van der Waals surface area contributed by atoms with E-state index in [1.54, 1.807) is 0 Å². The summed E-state index contributed by atoms with van der Waals surface area (Å²) in [5.41, 5.74) is 9.70. The van der Waals surface area contributed by atoms with Gasteiger partial charge < -0.3 is 10.3 Å². The number of imidazole rings is 1. The van der Waals surface area contributed by atoms with Crippen LogP contribution in [-0.2, 0) is 6.54 Å². The quantitative estimate of drug-likeness (QED) is 0.834. The summed E-state index contributed by atoms with van der Waals surface area (Å²) in [5.74, 6) is 1.67. The van der Waals surface area contributed by atoms with Crippen LogP contribution in [0.5, 0.6) is 0 Å². The molecule has 0 fully saturated rings. The van der Waals surface area contributed by atoms with E-state index in [9.17, 15) is 0 Å². The first-order valence-electron chi connectivity index (χ1n) is 6.55. The van der Waals surface area contributed by atoms with Crippen molar-refractivity contribution in [2.45, 2.75) is 32.9 Å². The number of fused-ring (bicyclic) bond motifs is 1. The molecule has 0 saturated carbocycles. The zero-order valence-electron chi connectivity index (χ0n) is 10.9. The highest BCUT2D eigenvalue weighted by Gasteiger charge is 2.26.